The number of nitrogens with zero attached hydrogens (tertiary/aromatic N) is 2. The molecule has 4 heteroatoms. The molecule has 0 atom stereocenters. The van der Waals surface area contributed by atoms with Crippen molar-refractivity contribution in [3.05, 3.63) is 29.3 Å². The predicted octanol–water partition coefficient (Wildman–Crippen LogP) is 1.58. The minimum Gasteiger partial charge on any atom is -0.395 e. The van der Waals surface area contributed by atoms with Gasteiger partial charge in [0.1, 0.15) is 12.4 Å². The molecule has 0 saturated heterocycles. The van der Waals surface area contributed by atoms with E-state index in [0.29, 0.717) is 17.7 Å². The quantitative estimate of drug-likeness (QED) is 0.756. The lowest BCUT2D eigenvalue weighted by molar-refractivity contribution is 0.112. The van der Waals surface area contributed by atoms with Gasteiger partial charge in [-0.15, -0.1) is 0 Å². The van der Waals surface area contributed by atoms with Crippen LogP contribution in [0.3, 0.4) is 0 Å². The van der Waals surface area contributed by atoms with Crippen molar-refractivity contribution < 1.29 is 9.90 Å². The summed E-state index contributed by atoms with van der Waals surface area (Å²) < 4.78 is 0. The van der Waals surface area contributed by atoms with Crippen molar-refractivity contribution in [2.75, 3.05) is 24.6 Å². The number of hydrogen-bond donors (Lipinski definition) is 1. The normalized spacial score (nSPS) is 9.71. The highest BCUT2D eigenvalue weighted by Crippen LogP contribution is 2.21. The molecule has 1 N–H and O–H groups in total. The molecule has 90 valence electrons. The SMILES string of the molecule is CCCN(CCO)c1ccc(C=O)cc1C#N. The summed E-state index contributed by atoms with van der Waals surface area (Å²) in [6.45, 7) is 3.34. The summed E-state index contributed by atoms with van der Waals surface area (Å²) in [6, 6.07) is 7.10. The Kier molecular flexibility index (Phi) is 5.18. The van der Waals surface area contributed by atoms with Gasteiger partial charge in [-0.05, 0) is 24.6 Å². The second kappa shape index (κ2) is 6.66. The molecule has 0 aliphatic carbocycles. The van der Waals surface area contributed by atoms with Crippen LogP contribution in [-0.2, 0) is 0 Å². The third-order valence-electron chi connectivity index (χ3n) is 2.48. The largest absolute Gasteiger partial charge is 0.395 e. The van der Waals surface area contributed by atoms with E-state index in [4.69, 9.17) is 10.4 Å². The molecule has 4 nitrogen and oxygen atoms in total. The van der Waals surface area contributed by atoms with Crippen LogP contribution in [0, 0.1) is 11.3 Å². The van der Waals surface area contributed by atoms with Crippen molar-refractivity contribution in [3.8, 4) is 6.07 Å². The summed E-state index contributed by atoms with van der Waals surface area (Å²) in [4.78, 5) is 12.6. The predicted molar refractivity (Wildman–Crippen MR) is 66.1 cm³/mol. The Morgan fingerprint density at radius 3 is 2.76 bits per heavy atom. The maximum atomic E-state index is 10.6. The van der Waals surface area contributed by atoms with Crippen molar-refractivity contribution >= 4 is 12.0 Å². The zero-order chi connectivity index (χ0) is 12.7. The number of aliphatic hydroxyl groups excluding tert-OH is 1. The second-order valence-corrected chi connectivity index (χ2v) is 3.72. The molecule has 0 spiro atoms. The van der Waals surface area contributed by atoms with Gasteiger partial charge in [0.2, 0.25) is 0 Å². The number of anilines is 1. The van der Waals surface area contributed by atoms with Crippen LogP contribution in [0.2, 0.25) is 0 Å². The van der Waals surface area contributed by atoms with Crippen molar-refractivity contribution in [2.45, 2.75) is 13.3 Å². The van der Waals surface area contributed by atoms with Gasteiger partial charge in [-0.1, -0.05) is 6.92 Å². The van der Waals surface area contributed by atoms with Crippen LogP contribution in [0.4, 0.5) is 5.69 Å². The number of rotatable bonds is 6. The van der Waals surface area contributed by atoms with E-state index in [9.17, 15) is 4.79 Å². The molecule has 1 aromatic rings. The Balaban J connectivity index is 3.09. The highest BCUT2D eigenvalue weighted by molar-refractivity contribution is 5.78. The van der Waals surface area contributed by atoms with Gasteiger partial charge in [-0.3, -0.25) is 4.79 Å². The summed E-state index contributed by atoms with van der Waals surface area (Å²) in [5.41, 5.74) is 1.73. The average Bonchev–Trinajstić information content (AvgIpc) is 2.37. The molecule has 0 amide bonds. The summed E-state index contributed by atoms with van der Waals surface area (Å²) in [7, 11) is 0. The van der Waals surface area contributed by atoms with Crippen molar-refractivity contribution in [3.63, 3.8) is 0 Å². The highest BCUT2D eigenvalue weighted by atomic mass is 16.3. The maximum Gasteiger partial charge on any atom is 0.150 e. The lowest BCUT2D eigenvalue weighted by Crippen LogP contribution is -2.28. The highest BCUT2D eigenvalue weighted by Gasteiger charge is 2.10. The van der Waals surface area contributed by atoms with E-state index in [1.54, 1.807) is 18.2 Å². The molecule has 0 bridgehead atoms. The molecule has 0 aromatic heterocycles. The van der Waals surface area contributed by atoms with E-state index in [2.05, 4.69) is 6.07 Å². The number of aldehydes is 1. The van der Waals surface area contributed by atoms with E-state index in [1.165, 1.54) is 0 Å². The molecule has 1 rings (SSSR count). The first-order valence-electron chi connectivity index (χ1n) is 5.62. The number of aliphatic hydroxyl groups is 1. The average molecular weight is 232 g/mol. The molecular weight excluding hydrogens is 216 g/mol. The monoisotopic (exact) mass is 232 g/mol. The molecule has 0 aliphatic rings. The lowest BCUT2D eigenvalue weighted by atomic mass is 10.1. The third kappa shape index (κ3) is 3.30. The Labute approximate surface area is 101 Å². The standard InChI is InChI=1S/C13H16N2O2/c1-2-5-15(6-7-16)13-4-3-11(10-17)8-12(13)9-14/h3-4,8,10,16H,2,5-7H2,1H3. The first kappa shape index (κ1) is 13.2. The van der Waals surface area contributed by atoms with Gasteiger partial charge in [0.25, 0.3) is 0 Å². The molecule has 1 aromatic carbocycles. The molecule has 0 aliphatic heterocycles. The zero-order valence-electron chi connectivity index (χ0n) is 9.89. The number of carbonyl (C=O) groups is 1. The van der Waals surface area contributed by atoms with Gasteiger partial charge >= 0.3 is 0 Å². The van der Waals surface area contributed by atoms with Crippen LogP contribution in [0.25, 0.3) is 0 Å². The van der Waals surface area contributed by atoms with E-state index < -0.39 is 0 Å². The van der Waals surface area contributed by atoms with Gasteiger partial charge in [-0.2, -0.15) is 5.26 Å². The molecule has 0 radical (unpaired) electrons. The van der Waals surface area contributed by atoms with Crippen LogP contribution < -0.4 is 4.90 Å². The maximum absolute atomic E-state index is 10.6. The first-order valence-corrected chi connectivity index (χ1v) is 5.62. The summed E-state index contributed by atoms with van der Waals surface area (Å²) in [5, 5.41) is 18.1. The van der Waals surface area contributed by atoms with Crippen molar-refractivity contribution in [1.82, 2.24) is 0 Å². The molecule has 0 saturated carbocycles. The Bertz CT molecular complexity index is 418. The molecular formula is C13H16N2O2. The minimum atomic E-state index is 0.0420. The van der Waals surface area contributed by atoms with Gasteiger partial charge in [0.05, 0.1) is 17.9 Å². The molecule has 0 unspecified atom stereocenters. The number of nitriles is 1. The number of carbonyl (C=O) groups excluding carboxylic acids is 1. The first-order chi connectivity index (χ1) is 8.26. The van der Waals surface area contributed by atoms with E-state index in [1.807, 2.05) is 11.8 Å². The van der Waals surface area contributed by atoms with Gasteiger partial charge in [0.15, 0.2) is 0 Å². The van der Waals surface area contributed by atoms with E-state index in [-0.39, 0.29) is 6.61 Å². The fourth-order valence-corrected chi connectivity index (χ4v) is 1.74. The number of hydrogen-bond acceptors (Lipinski definition) is 4. The molecule has 17 heavy (non-hydrogen) atoms. The number of benzene rings is 1. The smallest absolute Gasteiger partial charge is 0.150 e. The van der Waals surface area contributed by atoms with Gasteiger partial charge in [-0.25, -0.2) is 0 Å². The van der Waals surface area contributed by atoms with Crippen molar-refractivity contribution in [1.29, 1.82) is 5.26 Å². The fourth-order valence-electron chi connectivity index (χ4n) is 1.74. The minimum absolute atomic E-state index is 0.0420. The fraction of sp³-hybridized carbons (Fsp3) is 0.385. The topological polar surface area (TPSA) is 64.3 Å². The summed E-state index contributed by atoms with van der Waals surface area (Å²) in [6.07, 6.45) is 1.65. The van der Waals surface area contributed by atoms with Gasteiger partial charge in [0, 0.05) is 18.7 Å². The van der Waals surface area contributed by atoms with E-state index >= 15 is 0 Å². The zero-order valence-corrected chi connectivity index (χ0v) is 9.89. The molecule has 0 heterocycles. The summed E-state index contributed by atoms with van der Waals surface area (Å²) in [5.74, 6) is 0. The van der Waals surface area contributed by atoms with Crippen LogP contribution in [0.15, 0.2) is 18.2 Å². The Hall–Kier alpha value is -1.86. The Morgan fingerprint density at radius 2 is 2.24 bits per heavy atom. The van der Waals surface area contributed by atoms with E-state index in [0.717, 1.165) is 24.9 Å². The Morgan fingerprint density at radius 1 is 1.47 bits per heavy atom. The second-order valence-electron chi connectivity index (χ2n) is 3.72. The third-order valence-corrected chi connectivity index (χ3v) is 2.48. The van der Waals surface area contributed by atoms with Crippen LogP contribution in [0.1, 0.15) is 29.3 Å². The molecule has 0 fully saturated rings. The van der Waals surface area contributed by atoms with Crippen LogP contribution in [-0.4, -0.2) is 31.1 Å². The summed E-state index contributed by atoms with van der Waals surface area (Å²) >= 11 is 0. The lowest BCUT2D eigenvalue weighted by Gasteiger charge is -2.24. The van der Waals surface area contributed by atoms with Gasteiger partial charge < -0.3 is 10.0 Å². The van der Waals surface area contributed by atoms with Crippen molar-refractivity contribution in [2.24, 2.45) is 0 Å². The van der Waals surface area contributed by atoms with Crippen LogP contribution >= 0.6 is 0 Å². The van der Waals surface area contributed by atoms with Crippen LogP contribution in [0.5, 0.6) is 0 Å².